The Kier molecular flexibility index (Phi) is 3.93. The van der Waals surface area contributed by atoms with Crippen LogP contribution < -0.4 is 10.5 Å². The van der Waals surface area contributed by atoms with Gasteiger partial charge in [-0.05, 0) is 46.6 Å². The maximum absolute atomic E-state index is 13.7. The molecule has 0 aliphatic carbocycles. The highest BCUT2D eigenvalue weighted by Gasteiger charge is 2.08. The smallest absolute Gasteiger partial charge is 0.222 e. The van der Waals surface area contributed by atoms with E-state index in [1.807, 2.05) is 13.0 Å². The maximum Gasteiger partial charge on any atom is 0.222 e. The molecule has 2 aromatic rings. The van der Waals surface area contributed by atoms with Gasteiger partial charge in [-0.1, -0.05) is 6.07 Å². The summed E-state index contributed by atoms with van der Waals surface area (Å²) in [7, 11) is 0. The van der Waals surface area contributed by atoms with Crippen LogP contribution in [0.5, 0.6) is 11.6 Å². The van der Waals surface area contributed by atoms with E-state index in [9.17, 15) is 4.39 Å². The van der Waals surface area contributed by atoms with Crippen molar-refractivity contribution in [3.63, 3.8) is 0 Å². The van der Waals surface area contributed by atoms with E-state index in [4.69, 9.17) is 10.5 Å². The maximum atomic E-state index is 13.7. The number of halogens is 2. The normalized spacial score (nSPS) is 10.4. The van der Waals surface area contributed by atoms with Crippen molar-refractivity contribution in [1.29, 1.82) is 0 Å². The second-order valence-electron chi connectivity index (χ2n) is 3.85. The van der Waals surface area contributed by atoms with Gasteiger partial charge in [0.15, 0.2) is 11.6 Å². The number of nitrogens with zero attached hydrogens (tertiary/aromatic N) is 1. The molecule has 5 heteroatoms. The minimum absolute atomic E-state index is 0.144. The van der Waals surface area contributed by atoms with Gasteiger partial charge in [0, 0.05) is 22.8 Å². The lowest BCUT2D eigenvalue weighted by atomic mass is 10.2. The molecular weight excluding hydrogens is 299 g/mol. The fourth-order valence-corrected chi connectivity index (χ4v) is 1.94. The summed E-state index contributed by atoms with van der Waals surface area (Å²) < 4.78 is 20.0. The first-order chi connectivity index (χ1) is 8.60. The van der Waals surface area contributed by atoms with Crippen molar-refractivity contribution in [1.82, 2.24) is 4.98 Å². The molecule has 1 aromatic heterocycles. The number of aryl methyl sites for hydroxylation is 1. The quantitative estimate of drug-likeness (QED) is 0.943. The third-order valence-corrected chi connectivity index (χ3v) is 2.87. The van der Waals surface area contributed by atoms with Gasteiger partial charge < -0.3 is 10.5 Å². The third-order valence-electron chi connectivity index (χ3n) is 2.44. The highest BCUT2D eigenvalue weighted by Crippen LogP contribution is 2.27. The topological polar surface area (TPSA) is 48.1 Å². The predicted octanol–water partition coefficient (Wildman–Crippen LogP) is 3.54. The summed E-state index contributed by atoms with van der Waals surface area (Å²) in [4.78, 5) is 4.10. The molecule has 0 unspecified atom stereocenters. The van der Waals surface area contributed by atoms with Crippen LogP contribution in [0.4, 0.5) is 4.39 Å². The van der Waals surface area contributed by atoms with E-state index in [0.717, 1.165) is 15.6 Å². The number of aromatic nitrogens is 1. The molecule has 0 radical (unpaired) electrons. The lowest BCUT2D eigenvalue weighted by molar-refractivity contribution is 0.424. The average Bonchev–Trinajstić information content (AvgIpc) is 2.34. The summed E-state index contributed by atoms with van der Waals surface area (Å²) in [5.41, 5.74) is 6.99. The summed E-state index contributed by atoms with van der Waals surface area (Å²) in [5.74, 6) is 0.0878. The van der Waals surface area contributed by atoms with E-state index in [2.05, 4.69) is 20.9 Å². The van der Waals surface area contributed by atoms with Gasteiger partial charge in [0.25, 0.3) is 0 Å². The van der Waals surface area contributed by atoms with Gasteiger partial charge in [0.1, 0.15) is 0 Å². The molecule has 18 heavy (non-hydrogen) atoms. The van der Waals surface area contributed by atoms with Crippen LogP contribution in [0.1, 0.15) is 11.1 Å². The molecule has 0 bridgehead atoms. The molecular formula is C13H12BrFN2O. The minimum Gasteiger partial charge on any atom is -0.436 e. The van der Waals surface area contributed by atoms with Crippen LogP contribution in [0, 0.1) is 12.7 Å². The van der Waals surface area contributed by atoms with E-state index in [-0.39, 0.29) is 5.75 Å². The molecule has 0 spiro atoms. The SMILES string of the molecule is Cc1cc(Br)cnc1Oc1ccc(CN)cc1F. The second-order valence-corrected chi connectivity index (χ2v) is 4.76. The van der Waals surface area contributed by atoms with Crippen LogP contribution in [0.25, 0.3) is 0 Å². The molecule has 0 amide bonds. The average molecular weight is 311 g/mol. The van der Waals surface area contributed by atoms with Gasteiger partial charge in [-0.15, -0.1) is 0 Å². The van der Waals surface area contributed by atoms with Crippen LogP contribution in [-0.2, 0) is 6.54 Å². The van der Waals surface area contributed by atoms with Gasteiger partial charge in [0.05, 0.1) is 0 Å². The molecule has 0 fully saturated rings. The summed E-state index contributed by atoms with van der Waals surface area (Å²) >= 11 is 3.31. The Hall–Kier alpha value is -1.46. The molecule has 2 N–H and O–H groups in total. The van der Waals surface area contributed by atoms with Crippen LogP contribution in [-0.4, -0.2) is 4.98 Å². The highest BCUT2D eigenvalue weighted by molar-refractivity contribution is 9.10. The van der Waals surface area contributed by atoms with Crippen molar-refractivity contribution in [2.45, 2.75) is 13.5 Å². The molecule has 0 aliphatic rings. The Labute approximate surface area is 113 Å². The van der Waals surface area contributed by atoms with Crippen LogP contribution in [0.2, 0.25) is 0 Å². The first-order valence-electron chi connectivity index (χ1n) is 5.38. The lowest BCUT2D eigenvalue weighted by Crippen LogP contribution is -1.98. The summed E-state index contributed by atoms with van der Waals surface area (Å²) in [5, 5.41) is 0. The van der Waals surface area contributed by atoms with E-state index in [0.29, 0.717) is 12.4 Å². The van der Waals surface area contributed by atoms with Crippen LogP contribution in [0.15, 0.2) is 34.9 Å². The van der Waals surface area contributed by atoms with E-state index >= 15 is 0 Å². The molecule has 0 saturated carbocycles. The van der Waals surface area contributed by atoms with Crippen molar-refractivity contribution < 1.29 is 9.13 Å². The van der Waals surface area contributed by atoms with E-state index in [1.54, 1.807) is 18.3 Å². The molecule has 1 aromatic carbocycles. The Morgan fingerprint density at radius 1 is 1.39 bits per heavy atom. The Bertz CT molecular complexity index is 575. The molecule has 0 saturated heterocycles. The van der Waals surface area contributed by atoms with Crippen molar-refractivity contribution in [3.05, 3.63) is 51.9 Å². The number of ether oxygens (including phenoxy) is 1. The fourth-order valence-electron chi connectivity index (χ4n) is 1.49. The van der Waals surface area contributed by atoms with Crippen molar-refractivity contribution in [3.8, 4) is 11.6 Å². The first kappa shape index (κ1) is 13.0. The first-order valence-corrected chi connectivity index (χ1v) is 6.18. The van der Waals surface area contributed by atoms with Gasteiger partial charge in [-0.2, -0.15) is 0 Å². The van der Waals surface area contributed by atoms with Gasteiger partial charge in [0.2, 0.25) is 5.88 Å². The number of hydrogen-bond donors (Lipinski definition) is 1. The Morgan fingerprint density at radius 2 is 2.17 bits per heavy atom. The van der Waals surface area contributed by atoms with Crippen LogP contribution >= 0.6 is 15.9 Å². The summed E-state index contributed by atoms with van der Waals surface area (Å²) in [6, 6.07) is 6.51. The van der Waals surface area contributed by atoms with E-state index in [1.165, 1.54) is 6.07 Å². The van der Waals surface area contributed by atoms with Crippen molar-refractivity contribution in [2.24, 2.45) is 5.73 Å². The molecule has 1 heterocycles. The van der Waals surface area contributed by atoms with Crippen molar-refractivity contribution >= 4 is 15.9 Å². The zero-order valence-electron chi connectivity index (χ0n) is 9.78. The molecule has 2 rings (SSSR count). The standard InChI is InChI=1S/C13H12BrFN2O/c1-8-4-10(14)7-17-13(8)18-12-3-2-9(6-16)5-11(12)15/h2-5,7H,6,16H2,1H3. The van der Waals surface area contributed by atoms with E-state index < -0.39 is 5.82 Å². The molecule has 3 nitrogen and oxygen atoms in total. The molecule has 0 aliphatic heterocycles. The molecule has 94 valence electrons. The predicted molar refractivity (Wildman–Crippen MR) is 71.0 cm³/mol. The number of pyridine rings is 1. The monoisotopic (exact) mass is 310 g/mol. The highest BCUT2D eigenvalue weighted by atomic mass is 79.9. The minimum atomic E-state index is -0.443. The van der Waals surface area contributed by atoms with Crippen LogP contribution in [0.3, 0.4) is 0 Å². The number of rotatable bonds is 3. The lowest BCUT2D eigenvalue weighted by Gasteiger charge is -2.09. The zero-order chi connectivity index (χ0) is 13.1. The van der Waals surface area contributed by atoms with Gasteiger partial charge in [-0.25, -0.2) is 9.37 Å². The Morgan fingerprint density at radius 3 is 2.78 bits per heavy atom. The Balaban J connectivity index is 2.28. The van der Waals surface area contributed by atoms with Crippen molar-refractivity contribution in [2.75, 3.05) is 0 Å². The number of hydrogen-bond acceptors (Lipinski definition) is 3. The summed E-state index contributed by atoms with van der Waals surface area (Å²) in [6.45, 7) is 2.14. The number of benzene rings is 1. The largest absolute Gasteiger partial charge is 0.436 e. The number of nitrogens with two attached hydrogens (primary N) is 1. The fraction of sp³-hybridized carbons (Fsp3) is 0.154. The van der Waals surface area contributed by atoms with Gasteiger partial charge in [-0.3, -0.25) is 0 Å². The van der Waals surface area contributed by atoms with Gasteiger partial charge >= 0.3 is 0 Å². The zero-order valence-corrected chi connectivity index (χ0v) is 11.4. The third kappa shape index (κ3) is 2.86. The summed E-state index contributed by atoms with van der Waals surface area (Å²) in [6.07, 6.45) is 1.61. The second kappa shape index (κ2) is 5.46. The molecule has 0 atom stereocenters.